The number of aryl methyl sites for hydroxylation is 1. The smallest absolute Gasteiger partial charge is 0.274 e. The Morgan fingerprint density at radius 3 is 2.64 bits per heavy atom. The van der Waals surface area contributed by atoms with Crippen LogP contribution < -0.4 is 10.6 Å². The maximum atomic E-state index is 12.3. The van der Waals surface area contributed by atoms with Gasteiger partial charge in [0.25, 0.3) is 5.91 Å². The number of aromatic nitrogens is 2. The Hall–Kier alpha value is -2.73. The zero-order chi connectivity index (χ0) is 17.6. The van der Waals surface area contributed by atoms with Gasteiger partial charge in [0.2, 0.25) is 0 Å². The van der Waals surface area contributed by atoms with Gasteiger partial charge in [-0.2, -0.15) is 0 Å². The Kier molecular flexibility index (Phi) is 5.40. The molecule has 2 N–H and O–H groups in total. The molecule has 0 aliphatic carbocycles. The number of hydrogen-bond acceptors (Lipinski definition) is 4. The summed E-state index contributed by atoms with van der Waals surface area (Å²) in [6, 6.07) is 13.1. The third-order valence-corrected chi connectivity index (χ3v) is 4.52. The molecule has 1 amide bonds. The lowest BCUT2D eigenvalue weighted by Crippen LogP contribution is -2.13. The van der Waals surface area contributed by atoms with Crippen LogP contribution in [0.15, 0.2) is 65.5 Å². The molecule has 0 fully saturated rings. The van der Waals surface area contributed by atoms with Crippen molar-refractivity contribution in [1.82, 2.24) is 9.97 Å². The summed E-state index contributed by atoms with van der Waals surface area (Å²) in [7, 11) is 0. The van der Waals surface area contributed by atoms with Gasteiger partial charge < -0.3 is 10.6 Å². The van der Waals surface area contributed by atoms with E-state index in [1.807, 2.05) is 49.5 Å². The fraction of sp³-hybridized carbons (Fsp3) is 0.105. The number of hydrogen-bond donors (Lipinski definition) is 2. The highest BCUT2D eigenvalue weighted by Crippen LogP contribution is 2.20. The van der Waals surface area contributed by atoms with Crippen molar-refractivity contribution in [3.8, 4) is 0 Å². The van der Waals surface area contributed by atoms with Gasteiger partial charge in [-0.05, 0) is 54.4 Å². The van der Waals surface area contributed by atoms with Crippen LogP contribution in [0.2, 0.25) is 0 Å². The van der Waals surface area contributed by atoms with Crippen molar-refractivity contribution < 1.29 is 4.79 Å². The van der Waals surface area contributed by atoms with E-state index in [1.165, 1.54) is 0 Å². The number of halogens is 1. The van der Waals surface area contributed by atoms with Gasteiger partial charge in [0.05, 0.1) is 11.9 Å². The predicted molar refractivity (Wildman–Crippen MR) is 103 cm³/mol. The maximum Gasteiger partial charge on any atom is 0.274 e. The highest BCUT2D eigenvalue weighted by molar-refractivity contribution is 9.10. The minimum atomic E-state index is -0.236. The molecule has 2 aromatic heterocycles. The van der Waals surface area contributed by atoms with E-state index in [-0.39, 0.29) is 5.91 Å². The van der Waals surface area contributed by atoms with Crippen molar-refractivity contribution in [3.05, 3.63) is 82.3 Å². The van der Waals surface area contributed by atoms with E-state index in [1.54, 1.807) is 18.5 Å². The number of amides is 1. The second-order valence-corrected chi connectivity index (χ2v) is 6.42. The zero-order valence-electron chi connectivity index (χ0n) is 13.7. The molecular weight excluding hydrogens is 380 g/mol. The van der Waals surface area contributed by atoms with Crippen LogP contribution in [0.25, 0.3) is 0 Å². The number of nitrogens with zero attached hydrogens (tertiary/aromatic N) is 2. The molecule has 0 atom stereocenters. The molecule has 0 unspecified atom stereocenters. The zero-order valence-corrected chi connectivity index (χ0v) is 15.2. The van der Waals surface area contributed by atoms with Crippen LogP contribution in [0, 0.1) is 6.92 Å². The van der Waals surface area contributed by atoms with Crippen molar-refractivity contribution in [2.24, 2.45) is 0 Å². The monoisotopic (exact) mass is 396 g/mol. The van der Waals surface area contributed by atoms with Gasteiger partial charge in [-0.1, -0.05) is 22.0 Å². The second-order valence-electron chi connectivity index (χ2n) is 5.57. The van der Waals surface area contributed by atoms with Crippen molar-refractivity contribution in [2.75, 3.05) is 10.6 Å². The molecule has 25 heavy (non-hydrogen) atoms. The summed E-state index contributed by atoms with van der Waals surface area (Å²) in [6.45, 7) is 2.62. The van der Waals surface area contributed by atoms with Crippen molar-refractivity contribution in [3.63, 3.8) is 0 Å². The van der Waals surface area contributed by atoms with E-state index >= 15 is 0 Å². The number of nitrogens with one attached hydrogen (secondary N) is 2. The molecule has 0 saturated heterocycles. The number of pyridine rings is 2. The van der Waals surface area contributed by atoms with Gasteiger partial charge in [0.1, 0.15) is 5.69 Å². The summed E-state index contributed by atoms with van der Waals surface area (Å²) in [4.78, 5) is 20.6. The molecule has 5 nitrogen and oxygen atoms in total. The molecule has 0 spiro atoms. The molecule has 0 saturated carbocycles. The van der Waals surface area contributed by atoms with Gasteiger partial charge in [0, 0.05) is 29.1 Å². The highest BCUT2D eigenvalue weighted by atomic mass is 79.9. The lowest BCUT2D eigenvalue weighted by Gasteiger charge is -2.08. The molecule has 0 radical (unpaired) electrons. The molecule has 3 rings (SSSR count). The van der Waals surface area contributed by atoms with Gasteiger partial charge >= 0.3 is 0 Å². The summed E-state index contributed by atoms with van der Waals surface area (Å²) in [5.74, 6) is -0.236. The van der Waals surface area contributed by atoms with E-state index in [0.29, 0.717) is 12.2 Å². The third-order valence-electron chi connectivity index (χ3n) is 3.63. The minimum Gasteiger partial charge on any atom is -0.380 e. The molecule has 0 aliphatic rings. The van der Waals surface area contributed by atoms with E-state index in [4.69, 9.17) is 0 Å². The SMILES string of the molecule is Cc1cc(NC(=O)c2ccc(NCc3cccnc3)cn2)ccc1Br. The average molecular weight is 397 g/mol. The van der Waals surface area contributed by atoms with Crippen LogP contribution >= 0.6 is 15.9 Å². The Balaban J connectivity index is 1.61. The largest absolute Gasteiger partial charge is 0.380 e. The number of carbonyl (C=O) groups is 1. The van der Waals surface area contributed by atoms with Crippen LogP contribution in [-0.4, -0.2) is 15.9 Å². The third kappa shape index (κ3) is 4.64. The first-order chi connectivity index (χ1) is 12.1. The standard InChI is InChI=1S/C19H17BrN4O/c1-13-9-15(4-6-17(13)20)24-19(25)18-7-5-16(12-23-18)22-11-14-3-2-8-21-10-14/h2-10,12,22H,11H2,1H3,(H,24,25). The number of benzene rings is 1. The van der Waals surface area contributed by atoms with Crippen molar-refractivity contribution >= 4 is 33.2 Å². The summed E-state index contributed by atoms with van der Waals surface area (Å²) in [5.41, 5.74) is 4.09. The van der Waals surface area contributed by atoms with Crippen LogP contribution in [0.3, 0.4) is 0 Å². The van der Waals surface area contributed by atoms with E-state index in [9.17, 15) is 4.79 Å². The number of anilines is 2. The first kappa shape index (κ1) is 17.1. The van der Waals surface area contributed by atoms with Crippen LogP contribution in [0.5, 0.6) is 0 Å². The molecule has 6 heteroatoms. The van der Waals surface area contributed by atoms with Gasteiger partial charge in [-0.15, -0.1) is 0 Å². The topological polar surface area (TPSA) is 66.9 Å². The van der Waals surface area contributed by atoms with Gasteiger partial charge in [-0.25, -0.2) is 4.98 Å². The van der Waals surface area contributed by atoms with Crippen LogP contribution in [0.1, 0.15) is 21.6 Å². The molecule has 0 aliphatic heterocycles. The highest BCUT2D eigenvalue weighted by Gasteiger charge is 2.08. The summed E-state index contributed by atoms with van der Waals surface area (Å²) in [6.07, 6.45) is 5.20. The second kappa shape index (κ2) is 7.90. The molecule has 3 aromatic rings. The number of carbonyl (C=O) groups excluding carboxylic acids is 1. The Labute approximate surface area is 154 Å². The molecule has 126 valence electrons. The molecular formula is C19H17BrN4O. The maximum absolute atomic E-state index is 12.3. The fourth-order valence-corrected chi connectivity index (χ4v) is 2.50. The van der Waals surface area contributed by atoms with E-state index in [0.717, 1.165) is 27.0 Å². The summed E-state index contributed by atoms with van der Waals surface area (Å²) >= 11 is 3.44. The van der Waals surface area contributed by atoms with Gasteiger partial charge in [0.15, 0.2) is 0 Å². The molecule has 0 bridgehead atoms. The van der Waals surface area contributed by atoms with E-state index < -0.39 is 0 Å². The predicted octanol–water partition coefficient (Wildman–Crippen LogP) is 4.41. The van der Waals surface area contributed by atoms with Crippen molar-refractivity contribution in [2.45, 2.75) is 13.5 Å². The average Bonchev–Trinajstić information content (AvgIpc) is 2.64. The lowest BCUT2D eigenvalue weighted by molar-refractivity contribution is 0.102. The van der Waals surface area contributed by atoms with E-state index in [2.05, 4.69) is 36.5 Å². The number of rotatable bonds is 5. The fourth-order valence-electron chi connectivity index (χ4n) is 2.26. The molecule has 1 aromatic carbocycles. The first-order valence-corrected chi connectivity index (χ1v) is 8.57. The molecule has 2 heterocycles. The summed E-state index contributed by atoms with van der Waals surface area (Å²) in [5, 5.41) is 6.10. The quantitative estimate of drug-likeness (QED) is 0.669. The van der Waals surface area contributed by atoms with Gasteiger partial charge in [-0.3, -0.25) is 9.78 Å². The lowest BCUT2D eigenvalue weighted by atomic mass is 10.2. The Bertz CT molecular complexity index is 866. The van der Waals surface area contributed by atoms with Crippen LogP contribution in [-0.2, 0) is 6.54 Å². The normalized spacial score (nSPS) is 10.3. The first-order valence-electron chi connectivity index (χ1n) is 7.78. The Morgan fingerprint density at radius 2 is 1.96 bits per heavy atom. The summed E-state index contributed by atoms with van der Waals surface area (Å²) < 4.78 is 1.01. The minimum absolute atomic E-state index is 0.236. The van der Waals surface area contributed by atoms with Crippen LogP contribution in [0.4, 0.5) is 11.4 Å². The Morgan fingerprint density at radius 1 is 1.12 bits per heavy atom. The van der Waals surface area contributed by atoms with Crippen molar-refractivity contribution in [1.29, 1.82) is 0 Å².